The molecule has 1 aromatic carbocycles. The van der Waals surface area contributed by atoms with Crippen molar-refractivity contribution >= 4 is 34.7 Å². The predicted octanol–water partition coefficient (Wildman–Crippen LogP) is 4.02. The van der Waals surface area contributed by atoms with Crippen LogP contribution in [0.3, 0.4) is 0 Å². The van der Waals surface area contributed by atoms with E-state index < -0.39 is 29.9 Å². The Hall–Kier alpha value is -0.680. The Kier molecular flexibility index (Phi) is 6.52. The fourth-order valence-electron chi connectivity index (χ4n) is 6.18. The molecule has 6 rings (SSSR count). The zero-order valence-electron chi connectivity index (χ0n) is 19.6. The number of ether oxygens (including phenoxy) is 3. The van der Waals surface area contributed by atoms with E-state index >= 15 is 0 Å². The summed E-state index contributed by atoms with van der Waals surface area (Å²) in [5.41, 5.74) is 1.36. The largest absolute Gasteiger partial charge is 0.387 e. The first-order chi connectivity index (χ1) is 16.8. The van der Waals surface area contributed by atoms with Crippen molar-refractivity contribution in [1.82, 2.24) is 0 Å². The molecule has 1 spiro atoms. The number of fused-ring (bicyclic) bond motifs is 1. The van der Waals surface area contributed by atoms with Crippen molar-refractivity contribution in [2.24, 2.45) is 5.92 Å². The molecule has 9 heteroatoms. The van der Waals surface area contributed by atoms with Crippen LogP contribution >= 0.6 is 34.7 Å². The molecule has 0 amide bonds. The number of benzene rings is 1. The number of hydrogen-bond acceptors (Lipinski definition) is 8. The van der Waals surface area contributed by atoms with E-state index in [2.05, 4.69) is 12.1 Å². The van der Waals surface area contributed by atoms with Crippen molar-refractivity contribution < 1.29 is 29.5 Å². The Morgan fingerprint density at radius 2 is 1.83 bits per heavy atom. The summed E-state index contributed by atoms with van der Waals surface area (Å²) in [6.45, 7) is 1.42. The van der Waals surface area contributed by atoms with E-state index in [0.29, 0.717) is 30.6 Å². The minimum Gasteiger partial charge on any atom is -0.387 e. The molecule has 35 heavy (non-hydrogen) atoms. The van der Waals surface area contributed by atoms with Crippen LogP contribution in [0.4, 0.5) is 0 Å². The van der Waals surface area contributed by atoms with Gasteiger partial charge in [0.15, 0.2) is 5.79 Å². The lowest BCUT2D eigenvalue weighted by molar-refractivity contribution is -0.200. The molecular formula is C26H31ClO6S2. The molecule has 2 aromatic rings. The van der Waals surface area contributed by atoms with E-state index in [4.69, 9.17) is 25.8 Å². The fourth-order valence-corrected chi connectivity index (χ4v) is 8.38. The molecule has 4 fully saturated rings. The molecule has 3 N–H and O–H groups in total. The average Bonchev–Trinajstić information content (AvgIpc) is 3.15. The molecule has 6 nitrogen and oxygen atoms in total. The molecule has 3 heterocycles. The van der Waals surface area contributed by atoms with Crippen molar-refractivity contribution in [3.05, 3.63) is 56.2 Å². The van der Waals surface area contributed by atoms with Gasteiger partial charge in [0.1, 0.15) is 29.9 Å². The fraction of sp³-hybridized carbons (Fsp3) is 0.615. The molecule has 7 atom stereocenters. The first-order valence-electron chi connectivity index (χ1n) is 12.2. The smallest absolute Gasteiger partial charge is 0.168 e. The second kappa shape index (κ2) is 9.26. The van der Waals surface area contributed by atoms with Gasteiger partial charge < -0.3 is 29.5 Å². The van der Waals surface area contributed by atoms with Crippen LogP contribution in [0.2, 0.25) is 5.02 Å². The highest BCUT2D eigenvalue weighted by atomic mass is 35.5. The summed E-state index contributed by atoms with van der Waals surface area (Å²) in [4.78, 5) is 2.69. The third-order valence-corrected chi connectivity index (χ3v) is 10.8. The van der Waals surface area contributed by atoms with Gasteiger partial charge >= 0.3 is 0 Å². The van der Waals surface area contributed by atoms with Gasteiger partial charge in [0, 0.05) is 39.5 Å². The maximum Gasteiger partial charge on any atom is 0.168 e. The molecular weight excluding hydrogens is 508 g/mol. The van der Waals surface area contributed by atoms with E-state index in [1.807, 2.05) is 29.5 Å². The summed E-state index contributed by atoms with van der Waals surface area (Å²) in [5, 5.41) is 31.7. The van der Waals surface area contributed by atoms with Crippen LogP contribution < -0.4 is 0 Å². The lowest BCUT2D eigenvalue weighted by atomic mass is 9.83. The second-order valence-corrected chi connectivity index (χ2v) is 12.8. The maximum absolute atomic E-state index is 10.6. The number of thiophene rings is 1. The molecule has 190 valence electrons. The minimum absolute atomic E-state index is 0.277. The number of halogens is 1. The Morgan fingerprint density at radius 1 is 1.03 bits per heavy atom. The minimum atomic E-state index is -1.27. The summed E-state index contributed by atoms with van der Waals surface area (Å²) in [5.74, 6) is 0.299. The van der Waals surface area contributed by atoms with Crippen molar-refractivity contribution in [1.29, 1.82) is 0 Å². The average molecular weight is 539 g/mol. The van der Waals surface area contributed by atoms with Crippen LogP contribution in [0.1, 0.15) is 52.7 Å². The van der Waals surface area contributed by atoms with Crippen molar-refractivity contribution in [3.63, 3.8) is 0 Å². The van der Waals surface area contributed by atoms with Crippen molar-refractivity contribution in [2.45, 2.75) is 73.2 Å². The maximum atomic E-state index is 10.6. The number of rotatable bonds is 5. The van der Waals surface area contributed by atoms with Crippen LogP contribution in [0, 0.1) is 5.92 Å². The highest BCUT2D eigenvalue weighted by molar-refractivity contribution is 7.99. The first kappa shape index (κ1) is 24.6. The van der Waals surface area contributed by atoms with Gasteiger partial charge in [-0.05, 0) is 54.3 Å². The van der Waals surface area contributed by atoms with Crippen LogP contribution in [-0.2, 0) is 26.0 Å². The number of aliphatic hydroxyl groups excluding tert-OH is 3. The van der Waals surface area contributed by atoms with Crippen LogP contribution in [0.15, 0.2) is 30.3 Å². The standard InChI is InChI=1S/C26H31ClO6S2/c1-34-24-22(30)20(28)21(29)23(33-24)14-2-4-18(27)15(10-14)11-17-3-5-19(35-17)25-6-7-26(13-16(25)12-25)31-8-9-32-26/h2-5,10,16,20-24,28-30H,6-9,11-13H2,1H3/t16?,20-,21-,22+,23+,24-,25?/m1/s1. The highest BCUT2D eigenvalue weighted by Gasteiger charge is 2.63. The molecule has 2 unspecified atom stereocenters. The van der Waals surface area contributed by atoms with Gasteiger partial charge in [0.05, 0.1) is 13.2 Å². The second-order valence-electron chi connectivity index (χ2n) is 10.3. The molecule has 2 saturated carbocycles. The zero-order valence-corrected chi connectivity index (χ0v) is 22.0. The van der Waals surface area contributed by atoms with E-state index in [-0.39, 0.29) is 11.2 Å². The SMILES string of the molecule is CS[C@H]1O[C@@H](c2ccc(Cl)c(Cc3ccc(C45CCC6(CC4C5)OCCO6)s3)c2)[C@H](O)[C@@H](O)[C@@H]1O. The Bertz CT molecular complexity index is 1090. The number of thioether (sulfide) groups is 1. The van der Waals surface area contributed by atoms with Crippen molar-refractivity contribution in [2.75, 3.05) is 19.5 Å². The van der Waals surface area contributed by atoms with Gasteiger partial charge in [-0.15, -0.1) is 23.1 Å². The molecule has 1 aromatic heterocycles. The van der Waals surface area contributed by atoms with Crippen LogP contribution in [-0.4, -0.2) is 64.3 Å². The monoisotopic (exact) mass is 538 g/mol. The summed E-state index contributed by atoms with van der Waals surface area (Å²) in [7, 11) is 0. The molecule has 2 aliphatic heterocycles. The highest BCUT2D eigenvalue weighted by Crippen LogP contribution is 2.66. The quantitative estimate of drug-likeness (QED) is 0.530. The third kappa shape index (κ3) is 4.29. The van der Waals surface area contributed by atoms with Crippen LogP contribution in [0.25, 0.3) is 0 Å². The molecule has 2 saturated heterocycles. The summed E-state index contributed by atoms with van der Waals surface area (Å²) in [6, 6.07) is 10.1. The van der Waals surface area contributed by atoms with E-state index in [1.54, 1.807) is 6.26 Å². The zero-order chi connectivity index (χ0) is 24.4. The van der Waals surface area contributed by atoms with Gasteiger partial charge in [-0.25, -0.2) is 0 Å². The Labute approximate surface area is 218 Å². The van der Waals surface area contributed by atoms with Crippen molar-refractivity contribution in [3.8, 4) is 0 Å². The van der Waals surface area contributed by atoms with E-state index in [0.717, 1.165) is 30.4 Å². The van der Waals surface area contributed by atoms with Gasteiger partial charge in [0.2, 0.25) is 0 Å². The van der Waals surface area contributed by atoms with E-state index in [9.17, 15) is 15.3 Å². The summed E-state index contributed by atoms with van der Waals surface area (Å²) < 4.78 is 17.9. The number of hydrogen-bond donors (Lipinski definition) is 3. The predicted molar refractivity (Wildman–Crippen MR) is 136 cm³/mol. The first-order valence-corrected chi connectivity index (χ1v) is 14.7. The lowest BCUT2D eigenvalue weighted by Gasteiger charge is -2.40. The number of aliphatic hydroxyl groups is 3. The molecule has 2 aliphatic carbocycles. The van der Waals surface area contributed by atoms with Gasteiger partial charge in [-0.2, -0.15) is 0 Å². The van der Waals surface area contributed by atoms with Crippen LogP contribution in [0.5, 0.6) is 0 Å². The van der Waals surface area contributed by atoms with E-state index in [1.165, 1.54) is 27.9 Å². The molecule has 4 aliphatic rings. The Balaban J connectivity index is 1.18. The topological polar surface area (TPSA) is 88.4 Å². The van der Waals surface area contributed by atoms with Gasteiger partial charge in [0.25, 0.3) is 0 Å². The molecule has 0 radical (unpaired) electrons. The van der Waals surface area contributed by atoms with Gasteiger partial charge in [-0.1, -0.05) is 23.7 Å². The Morgan fingerprint density at radius 3 is 2.57 bits per heavy atom. The lowest BCUT2D eigenvalue weighted by Crippen LogP contribution is -2.52. The normalized spacial score (nSPS) is 38.0. The third-order valence-electron chi connectivity index (χ3n) is 8.27. The molecule has 0 bridgehead atoms. The van der Waals surface area contributed by atoms with Gasteiger partial charge in [-0.3, -0.25) is 0 Å². The summed E-state index contributed by atoms with van der Waals surface area (Å²) >= 11 is 9.74. The summed E-state index contributed by atoms with van der Waals surface area (Å²) in [6.07, 6.45) is 2.40.